The van der Waals surface area contributed by atoms with Gasteiger partial charge in [-0.3, -0.25) is 9.59 Å². The summed E-state index contributed by atoms with van der Waals surface area (Å²) in [5.41, 5.74) is 1.34. The summed E-state index contributed by atoms with van der Waals surface area (Å²) in [6.45, 7) is 1.95. The molecule has 0 saturated heterocycles. The zero-order valence-electron chi connectivity index (χ0n) is 14.2. The molecule has 7 heteroatoms. The molecular formula is C18H22N4O3. The van der Waals surface area contributed by atoms with E-state index in [0.29, 0.717) is 25.1 Å². The van der Waals surface area contributed by atoms with Crippen LogP contribution >= 0.6 is 0 Å². The summed E-state index contributed by atoms with van der Waals surface area (Å²) in [4.78, 5) is 34.2. The molecule has 0 spiro atoms. The van der Waals surface area contributed by atoms with Crippen LogP contribution in [0.25, 0.3) is 11.4 Å². The largest absolute Gasteiger partial charge is 0.481 e. The molecule has 2 heterocycles. The topological polar surface area (TPSA) is 108 Å². The Morgan fingerprint density at radius 3 is 2.68 bits per heavy atom. The number of nitrogens with zero attached hydrogens (tertiary/aromatic N) is 2. The molecule has 0 radical (unpaired) electrons. The SMILES string of the molecule is CCc1cc(=O)[nH]c(-c2ccc(NC3CCC(C(=O)O)CC3)nc2)n1. The number of aryl methyl sites for hydroxylation is 1. The van der Waals surface area contributed by atoms with Gasteiger partial charge in [-0.1, -0.05) is 6.92 Å². The van der Waals surface area contributed by atoms with E-state index in [1.54, 1.807) is 6.20 Å². The first-order valence-electron chi connectivity index (χ1n) is 8.61. The standard InChI is InChI=1S/C18H22N4O3/c1-2-13-9-16(23)22-17(21-13)12-5-8-15(19-10-12)20-14-6-3-11(4-7-14)18(24)25/h5,8-11,14H,2-4,6-7H2,1H3,(H,19,20)(H,24,25)(H,21,22,23). The Balaban J connectivity index is 1.66. The normalized spacial score (nSPS) is 20.2. The van der Waals surface area contributed by atoms with Crippen LogP contribution in [0.4, 0.5) is 5.82 Å². The number of pyridine rings is 1. The molecule has 0 amide bonds. The van der Waals surface area contributed by atoms with Crippen molar-refractivity contribution in [3.8, 4) is 11.4 Å². The fourth-order valence-electron chi connectivity index (χ4n) is 3.14. The van der Waals surface area contributed by atoms with Crippen molar-refractivity contribution >= 4 is 11.8 Å². The second-order valence-corrected chi connectivity index (χ2v) is 6.40. The maximum atomic E-state index is 11.7. The zero-order chi connectivity index (χ0) is 17.8. The van der Waals surface area contributed by atoms with Crippen LogP contribution in [0.3, 0.4) is 0 Å². The van der Waals surface area contributed by atoms with E-state index in [0.717, 1.165) is 29.9 Å². The van der Waals surface area contributed by atoms with E-state index >= 15 is 0 Å². The predicted molar refractivity (Wildman–Crippen MR) is 94.5 cm³/mol. The summed E-state index contributed by atoms with van der Waals surface area (Å²) in [7, 11) is 0. The van der Waals surface area contributed by atoms with Gasteiger partial charge in [-0.25, -0.2) is 9.97 Å². The maximum Gasteiger partial charge on any atom is 0.306 e. The highest BCUT2D eigenvalue weighted by Gasteiger charge is 2.25. The highest BCUT2D eigenvalue weighted by Crippen LogP contribution is 2.26. The number of carbonyl (C=O) groups is 1. The first kappa shape index (κ1) is 17.1. The van der Waals surface area contributed by atoms with Crippen LogP contribution in [0.15, 0.2) is 29.2 Å². The van der Waals surface area contributed by atoms with E-state index in [-0.39, 0.29) is 17.5 Å². The Morgan fingerprint density at radius 2 is 2.08 bits per heavy atom. The lowest BCUT2D eigenvalue weighted by Gasteiger charge is -2.27. The zero-order valence-corrected chi connectivity index (χ0v) is 14.2. The molecule has 1 aliphatic carbocycles. The molecule has 1 saturated carbocycles. The number of aromatic amines is 1. The third-order valence-electron chi connectivity index (χ3n) is 4.62. The third-order valence-corrected chi connectivity index (χ3v) is 4.62. The molecule has 7 nitrogen and oxygen atoms in total. The minimum Gasteiger partial charge on any atom is -0.481 e. The average Bonchev–Trinajstić information content (AvgIpc) is 2.62. The van der Waals surface area contributed by atoms with Gasteiger partial charge in [0, 0.05) is 29.6 Å². The Kier molecular flexibility index (Phi) is 5.11. The van der Waals surface area contributed by atoms with Crippen molar-refractivity contribution in [3.05, 3.63) is 40.4 Å². The Hall–Kier alpha value is -2.70. The van der Waals surface area contributed by atoms with Gasteiger partial charge in [0.1, 0.15) is 11.6 Å². The van der Waals surface area contributed by atoms with Crippen LogP contribution in [0.1, 0.15) is 38.3 Å². The van der Waals surface area contributed by atoms with Gasteiger partial charge in [-0.15, -0.1) is 0 Å². The maximum absolute atomic E-state index is 11.7. The molecule has 2 aromatic rings. The van der Waals surface area contributed by atoms with Gasteiger partial charge < -0.3 is 15.4 Å². The fraction of sp³-hybridized carbons (Fsp3) is 0.444. The van der Waals surface area contributed by atoms with Crippen molar-refractivity contribution in [1.82, 2.24) is 15.0 Å². The molecule has 0 unspecified atom stereocenters. The molecular weight excluding hydrogens is 320 g/mol. The smallest absolute Gasteiger partial charge is 0.306 e. The Morgan fingerprint density at radius 1 is 1.32 bits per heavy atom. The van der Waals surface area contributed by atoms with Crippen molar-refractivity contribution in [1.29, 1.82) is 0 Å². The molecule has 1 aliphatic rings. The van der Waals surface area contributed by atoms with Crippen molar-refractivity contribution in [3.63, 3.8) is 0 Å². The van der Waals surface area contributed by atoms with E-state index < -0.39 is 5.97 Å². The van der Waals surface area contributed by atoms with Crippen molar-refractivity contribution in [2.24, 2.45) is 5.92 Å². The molecule has 3 rings (SSSR count). The number of H-pyrrole nitrogens is 1. The van der Waals surface area contributed by atoms with Crippen LogP contribution in [-0.4, -0.2) is 32.1 Å². The lowest BCUT2D eigenvalue weighted by Crippen LogP contribution is -2.29. The summed E-state index contributed by atoms with van der Waals surface area (Å²) in [5, 5.41) is 12.4. The Labute approximate surface area is 145 Å². The molecule has 0 bridgehead atoms. The second kappa shape index (κ2) is 7.46. The van der Waals surface area contributed by atoms with E-state index in [9.17, 15) is 9.59 Å². The van der Waals surface area contributed by atoms with Crippen LogP contribution in [0, 0.1) is 5.92 Å². The quantitative estimate of drug-likeness (QED) is 0.770. The molecule has 0 aromatic carbocycles. The lowest BCUT2D eigenvalue weighted by molar-refractivity contribution is -0.142. The molecule has 2 aromatic heterocycles. The Bertz CT molecular complexity index is 793. The summed E-state index contributed by atoms with van der Waals surface area (Å²) in [6, 6.07) is 5.48. The van der Waals surface area contributed by atoms with E-state index in [2.05, 4.69) is 20.3 Å². The van der Waals surface area contributed by atoms with Gasteiger partial charge in [0.05, 0.1) is 5.92 Å². The van der Waals surface area contributed by atoms with Crippen molar-refractivity contribution in [2.45, 2.75) is 45.1 Å². The summed E-state index contributed by atoms with van der Waals surface area (Å²) in [6.07, 6.45) is 5.42. The molecule has 3 N–H and O–H groups in total. The second-order valence-electron chi connectivity index (χ2n) is 6.40. The molecule has 1 fully saturated rings. The van der Waals surface area contributed by atoms with Crippen LogP contribution in [-0.2, 0) is 11.2 Å². The third kappa shape index (κ3) is 4.23. The van der Waals surface area contributed by atoms with Gasteiger partial charge in [0.2, 0.25) is 0 Å². The number of rotatable bonds is 5. The van der Waals surface area contributed by atoms with Gasteiger partial charge in [0.25, 0.3) is 5.56 Å². The van der Waals surface area contributed by atoms with E-state index in [1.165, 1.54) is 6.07 Å². The average molecular weight is 342 g/mol. The first-order chi connectivity index (χ1) is 12.0. The summed E-state index contributed by atoms with van der Waals surface area (Å²) >= 11 is 0. The number of hydrogen-bond acceptors (Lipinski definition) is 5. The van der Waals surface area contributed by atoms with E-state index in [4.69, 9.17) is 5.11 Å². The highest BCUT2D eigenvalue weighted by molar-refractivity contribution is 5.70. The number of aliphatic carboxylic acids is 1. The monoisotopic (exact) mass is 342 g/mol. The predicted octanol–water partition coefficient (Wildman–Crippen LogP) is 2.45. The fourth-order valence-corrected chi connectivity index (χ4v) is 3.14. The van der Waals surface area contributed by atoms with E-state index in [1.807, 2.05) is 19.1 Å². The van der Waals surface area contributed by atoms with Gasteiger partial charge >= 0.3 is 5.97 Å². The van der Waals surface area contributed by atoms with Crippen molar-refractivity contribution < 1.29 is 9.90 Å². The highest BCUT2D eigenvalue weighted by atomic mass is 16.4. The molecule has 0 atom stereocenters. The number of carboxylic acid groups (broad SMARTS) is 1. The van der Waals surface area contributed by atoms with Gasteiger partial charge in [0.15, 0.2) is 0 Å². The lowest BCUT2D eigenvalue weighted by atomic mass is 9.86. The number of aromatic nitrogens is 3. The van der Waals surface area contributed by atoms with Crippen LogP contribution in [0.2, 0.25) is 0 Å². The molecule has 25 heavy (non-hydrogen) atoms. The number of hydrogen-bond donors (Lipinski definition) is 3. The van der Waals surface area contributed by atoms with Gasteiger partial charge in [-0.2, -0.15) is 0 Å². The van der Waals surface area contributed by atoms with Crippen LogP contribution in [0.5, 0.6) is 0 Å². The van der Waals surface area contributed by atoms with Gasteiger partial charge in [-0.05, 0) is 44.2 Å². The van der Waals surface area contributed by atoms with Crippen molar-refractivity contribution in [2.75, 3.05) is 5.32 Å². The number of carboxylic acids is 1. The summed E-state index contributed by atoms with van der Waals surface area (Å²) < 4.78 is 0. The number of anilines is 1. The first-order valence-corrected chi connectivity index (χ1v) is 8.61. The minimum absolute atomic E-state index is 0.167. The summed E-state index contributed by atoms with van der Waals surface area (Å²) in [5.74, 6) is 0.348. The molecule has 0 aliphatic heterocycles. The van der Waals surface area contributed by atoms with Crippen LogP contribution < -0.4 is 10.9 Å². The minimum atomic E-state index is -0.697. The molecule has 132 valence electrons. The number of nitrogens with one attached hydrogen (secondary N) is 2.